The van der Waals surface area contributed by atoms with Crippen molar-refractivity contribution in [2.24, 2.45) is 0 Å². The molecular weight excluding hydrogens is 434 g/mol. The number of nitrogens with zero attached hydrogens (tertiary/aromatic N) is 3. The minimum atomic E-state index is -3.10. The van der Waals surface area contributed by atoms with Crippen LogP contribution in [0.1, 0.15) is 23.4 Å². The Labute approximate surface area is 185 Å². The number of rotatable bonds is 8. The molecule has 1 amide bonds. The summed E-state index contributed by atoms with van der Waals surface area (Å²) in [6.07, 6.45) is 0.996. The number of sulfone groups is 1. The van der Waals surface area contributed by atoms with Gasteiger partial charge in [-0.15, -0.1) is 10.2 Å². The van der Waals surface area contributed by atoms with E-state index < -0.39 is 9.84 Å². The zero-order chi connectivity index (χ0) is 21.7. The molecule has 0 N–H and O–H groups in total. The Morgan fingerprint density at radius 2 is 1.71 bits per heavy atom. The SMILES string of the molecule is O=C(CSc1nnc(Cc2ccccc2)o1)N(Cc1ccccc1)[C@@H]1CCS(=O)(=O)C1. The lowest BCUT2D eigenvalue weighted by molar-refractivity contribution is -0.130. The first-order valence-electron chi connectivity index (χ1n) is 10.0. The number of thioether (sulfide) groups is 1. The summed E-state index contributed by atoms with van der Waals surface area (Å²) in [5, 5.41) is 8.42. The summed E-state index contributed by atoms with van der Waals surface area (Å²) in [4.78, 5) is 14.7. The minimum absolute atomic E-state index is 0.0119. The predicted octanol–water partition coefficient (Wildman–Crippen LogP) is 2.97. The quantitative estimate of drug-likeness (QED) is 0.480. The van der Waals surface area contributed by atoms with Crippen molar-refractivity contribution in [1.29, 1.82) is 0 Å². The number of hydrogen-bond donors (Lipinski definition) is 0. The molecule has 1 atom stereocenters. The Morgan fingerprint density at radius 3 is 2.35 bits per heavy atom. The Balaban J connectivity index is 1.40. The van der Waals surface area contributed by atoms with Gasteiger partial charge in [-0.3, -0.25) is 4.79 Å². The molecule has 162 valence electrons. The summed E-state index contributed by atoms with van der Waals surface area (Å²) in [5.74, 6) is 0.590. The third-order valence-electron chi connectivity index (χ3n) is 5.13. The van der Waals surface area contributed by atoms with E-state index in [0.717, 1.165) is 11.1 Å². The fourth-order valence-electron chi connectivity index (χ4n) is 3.57. The fourth-order valence-corrected chi connectivity index (χ4v) is 5.96. The van der Waals surface area contributed by atoms with Crippen molar-refractivity contribution in [2.75, 3.05) is 17.3 Å². The highest BCUT2D eigenvalue weighted by molar-refractivity contribution is 7.99. The molecule has 4 rings (SSSR count). The lowest BCUT2D eigenvalue weighted by Crippen LogP contribution is -2.41. The van der Waals surface area contributed by atoms with E-state index in [4.69, 9.17) is 4.42 Å². The summed E-state index contributed by atoms with van der Waals surface area (Å²) in [5.41, 5.74) is 2.03. The molecule has 1 saturated heterocycles. The molecule has 1 aliphatic heterocycles. The van der Waals surface area contributed by atoms with Gasteiger partial charge in [-0.25, -0.2) is 8.42 Å². The highest BCUT2D eigenvalue weighted by Gasteiger charge is 2.34. The minimum Gasteiger partial charge on any atom is -0.416 e. The van der Waals surface area contributed by atoms with E-state index in [1.165, 1.54) is 11.8 Å². The first kappa shape index (κ1) is 21.6. The molecule has 2 aromatic carbocycles. The summed E-state index contributed by atoms with van der Waals surface area (Å²) in [6, 6.07) is 19.1. The Bertz CT molecular complexity index is 1120. The van der Waals surface area contributed by atoms with Gasteiger partial charge in [0.2, 0.25) is 11.8 Å². The van der Waals surface area contributed by atoms with Crippen LogP contribution in [-0.2, 0) is 27.6 Å². The van der Waals surface area contributed by atoms with E-state index in [0.29, 0.717) is 30.5 Å². The standard InChI is InChI=1S/C22H23N3O4S2/c26-21(15-30-22-24-23-20(29-22)13-17-7-3-1-4-8-17)25(14-18-9-5-2-6-10-18)19-11-12-31(27,28)16-19/h1-10,19H,11-16H2/t19-/m1/s1. The zero-order valence-corrected chi connectivity index (χ0v) is 18.5. The topological polar surface area (TPSA) is 93.4 Å². The fraction of sp³-hybridized carbons (Fsp3) is 0.318. The number of hydrogen-bond acceptors (Lipinski definition) is 7. The van der Waals surface area contributed by atoms with E-state index in [1.807, 2.05) is 60.7 Å². The van der Waals surface area contributed by atoms with Gasteiger partial charge in [0.25, 0.3) is 5.22 Å². The molecule has 2 heterocycles. The molecule has 0 aliphatic carbocycles. The van der Waals surface area contributed by atoms with E-state index >= 15 is 0 Å². The summed E-state index contributed by atoms with van der Waals surface area (Å²) in [6.45, 7) is 0.378. The Kier molecular flexibility index (Phi) is 6.72. The lowest BCUT2D eigenvalue weighted by atomic mass is 10.1. The molecule has 0 bridgehead atoms. The van der Waals surface area contributed by atoms with Crippen molar-refractivity contribution < 1.29 is 17.6 Å². The van der Waals surface area contributed by atoms with Gasteiger partial charge >= 0.3 is 0 Å². The molecule has 7 nitrogen and oxygen atoms in total. The van der Waals surface area contributed by atoms with Gasteiger partial charge in [0.1, 0.15) is 0 Å². The molecule has 0 spiro atoms. The van der Waals surface area contributed by atoms with Crippen LogP contribution in [0.3, 0.4) is 0 Å². The largest absolute Gasteiger partial charge is 0.416 e. The van der Waals surface area contributed by atoms with Gasteiger partial charge < -0.3 is 9.32 Å². The van der Waals surface area contributed by atoms with E-state index in [-0.39, 0.29) is 29.2 Å². The van der Waals surface area contributed by atoms with Crippen LogP contribution in [0.2, 0.25) is 0 Å². The van der Waals surface area contributed by atoms with Gasteiger partial charge in [0, 0.05) is 12.6 Å². The first-order chi connectivity index (χ1) is 15.0. The molecule has 31 heavy (non-hydrogen) atoms. The number of carbonyl (C=O) groups is 1. The average molecular weight is 458 g/mol. The lowest BCUT2D eigenvalue weighted by Gasteiger charge is -2.28. The molecule has 1 aliphatic rings. The molecule has 1 aromatic heterocycles. The van der Waals surface area contributed by atoms with Crippen LogP contribution in [0, 0.1) is 0 Å². The summed E-state index contributed by atoms with van der Waals surface area (Å²) < 4.78 is 29.6. The Morgan fingerprint density at radius 1 is 1.03 bits per heavy atom. The van der Waals surface area contributed by atoms with Crippen LogP contribution in [0.25, 0.3) is 0 Å². The average Bonchev–Trinajstić information content (AvgIpc) is 3.37. The molecule has 1 fully saturated rings. The second-order valence-electron chi connectivity index (χ2n) is 7.48. The van der Waals surface area contributed by atoms with Crippen LogP contribution < -0.4 is 0 Å². The number of amides is 1. The van der Waals surface area contributed by atoms with Crippen molar-refractivity contribution in [1.82, 2.24) is 15.1 Å². The van der Waals surface area contributed by atoms with Gasteiger partial charge in [0.05, 0.1) is 23.7 Å². The number of carbonyl (C=O) groups excluding carboxylic acids is 1. The maximum absolute atomic E-state index is 13.0. The van der Waals surface area contributed by atoms with Crippen LogP contribution >= 0.6 is 11.8 Å². The molecule has 9 heteroatoms. The van der Waals surface area contributed by atoms with Crippen molar-refractivity contribution in [3.05, 3.63) is 77.7 Å². The van der Waals surface area contributed by atoms with Crippen LogP contribution in [0.4, 0.5) is 0 Å². The maximum Gasteiger partial charge on any atom is 0.277 e. The number of aromatic nitrogens is 2. The van der Waals surface area contributed by atoms with Gasteiger partial charge in [-0.1, -0.05) is 72.4 Å². The molecule has 0 saturated carbocycles. The van der Waals surface area contributed by atoms with Gasteiger partial charge in [-0.05, 0) is 17.5 Å². The summed E-state index contributed by atoms with van der Waals surface area (Å²) >= 11 is 1.18. The van der Waals surface area contributed by atoms with Crippen LogP contribution in [0.15, 0.2) is 70.3 Å². The van der Waals surface area contributed by atoms with Crippen molar-refractivity contribution in [3.8, 4) is 0 Å². The Hall–Kier alpha value is -2.65. The van der Waals surface area contributed by atoms with Crippen molar-refractivity contribution >= 4 is 27.5 Å². The number of benzene rings is 2. The molecule has 0 radical (unpaired) electrons. The van der Waals surface area contributed by atoms with Crippen LogP contribution in [0.5, 0.6) is 0 Å². The van der Waals surface area contributed by atoms with Crippen LogP contribution in [-0.4, -0.2) is 52.7 Å². The van der Waals surface area contributed by atoms with Gasteiger partial charge in [0.15, 0.2) is 9.84 Å². The summed E-state index contributed by atoms with van der Waals surface area (Å²) in [7, 11) is -3.10. The third kappa shape index (κ3) is 5.95. The predicted molar refractivity (Wildman–Crippen MR) is 118 cm³/mol. The third-order valence-corrected chi connectivity index (χ3v) is 7.68. The zero-order valence-electron chi connectivity index (χ0n) is 16.9. The molecular formula is C22H23N3O4S2. The normalized spacial score (nSPS) is 17.5. The van der Waals surface area contributed by atoms with Gasteiger partial charge in [-0.2, -0.15) is 0 Å². The second-order valence-corrected chi connectivity index (χ2v) is 10.6. The maximum atomic E-state index is 13.0. The molecule has 3 aromatic rings. The van der Waals surface area contributed by atoms with E-state index in [2.05, 4.69) is 10.2 Å². The van der Waals surface area contributed by atoms with E-state index in [9.17, 15) is 13.2 Å². The van der Waals surface area contributed by atoms with Crippen molar-refractivity contribution in [2.45, 2.75) is 30.7 Å². The smallest absolute Gasteiger partial charge is 0.277 e. The highest BCUT2D eigenvalue weighted by Crippen LogP contribution is 2.23. The first-order valence-corrected chi connectivity index (χ1v) is 12.8. The van der Waals surface area contributed by atoms with Crippen molar-refractivity contribution in [3.63, 3.8) is 0 Å². The second kappa shape index (κ2) is 9.65. The highest BCUT2D eigenvalue weighted by atomic mass is 32.2. The molecule has 0 unspecified atom stereocenters. The monoisotopic (exact) mass is 457 g/mol. The van der Waals surface area contributed by atoms with E-state index in [1.54, 1.807) is 4.90 Å².